The van der Waals surface area contributed by atoms with E-state index in [0.717, 1.165) is 4.47 Å². The number of carbonyl (C=O) groups is 1. The minimum absolute atomic E-state index is 0.0555. The first-order valence-corrected chi connectivity index (χ1v) is 6.71. The van der Waals surface area contributed by atoms with Gasteiger partial charge in [0.25, 0.3) is 5.91 Å². The molecule has 1 amide bonds. The van der Waals surface area contributed by atoms with Crippen LogP contribution in [-0.2, 0) is 0 Å². The molecule has 2 N–H and O–H groups in total. The maximum absolute atomic E-state index is 11.7. The summed E-state index contributed by atoms with van der Waals surface area (Å²) in [6.07, 6.45) is 4.34. The lowest BCUT2D eigenvalue weighted by Gasteiger charge is -2.06. The van der Waals surface area contributed by atoms with E-state index in [-0.39, 0.29) is 11.7 Å². The monoisotopic (exact) mass is 349 g/mol. The van der Waals surface area contributed by atoms with Crippen LogP contribution in [0.4, 0.5) is 0 Å². The number of benzene rings is 1. The van der Waals surface area contributed by atoms with Gasteiger partial charge in [-0.2, -0.15) is 5.10 Å². The fourth-order valence-electron chi connectivity index (χ4n) is 1.57. The SMILES string of the molecule is COc1cc(Br)cc(/C=N/NC(=O)c2cccnc2)c1O. The number of pyridine rings is 1. The molecule has 0 aliphatic rings. The van der Waals surface area contributed by atoms with E-state index in [1.54, 1.807) is 30.5 Å². The van der Waals surface area contributed by atoms with Crippen LogP contribution >= 0.6 is 15.9 Å². The summed E-state index contributed by atoms with van der Waals surface area (Å²) in [5.74, 6) is -0.134. The van der Waals surface area contributed by atoms with Crippen LogP contribution in [0.15, 0.2) is 46.2 Å². The predicted molar refractivity (Wildman–Crippen MR) is 81.7 cm³/mol. The number of hydrogen-bond acceptors (Lipinski definition) is 5. The van der Waals surface area contributed by atoms with E-state index in [0.29, 0.717) is 16.9 Å². The summed E-state index contributed by atoms with van der Waals surface area (Å²) in [7, 11) is 1.45. The first-order chi connectivity index (χ1) is 10.1. The van der Waals surface area contributed by atoms with Gasteiger partial charge in [-0.1, -0.05) is 15.9 Å². The molecule has 0 atom stereocenters. The Morgan fingerprint density at radius 3 is 3.00 bits per heavy atom. The van der Waals surface area contributed by atoms with Gasteiger partial charge in [-0.3, -0.25) is 9.78 Å². The molecule has 2 rings (SSSR count). The number of nitrogens with zero attached hydrogens (tertiary/aromatic N) is 2. The van der Waals surface area contributed by atoms with Crippen LogP contribution in [-0.4, -0.2) is 29.3 Å². The Morgan fingerprint density at radius 2 is 2.33 bits per heavy atom. The topological polar surface area (TPSA) is 83.8 Å². The van der Waals surface area contributed by atoms with E-state index < -0.39 is 0 Å². The number of rotatable bonds is 4. The minimum Gasteiger partial charge on any atom is -0.504 e. The van der Waals surface area contributed by atoms with Crippen molar-refractivity contribution in [1.82, 2.24) is 10.4 Å². The molecule has 1 aromatic carbocycles. The number of nitrogens with one attached hydrogen (secondary N) is 1. The third-order valence-electron chi connectivity index (χ3n) is 2.58. The molecule has 7 heteroatoms. The second-order valence-electron chi connectivity index (χ2n) is 3.99. The van der Waals surface area contributed by atoms with E-state index >= 15 is 0 Å². The fourth-order valence-corrected chi connectivity index (χ4v) is 2.03. The normalized spacial score (nSPS) is 10.6. The van der Waals surface area contributed by atoms with Crippen LogP contribution in [0, 0.1) is 0 Å². The van der Waals surface area contributed by atoms with E-state index in [2.05, 4.69) is 31.4 Å². The second-order valence-corrected chi connectivity index (χ2v) is 4.90. The van der Waals surface area contributed by atoms with Crippen LogP contribution < -0.4 is 10.2 Å². The lowest BCUT2D eigenvalue weighted by Crippen LogP contribution is -2.17. The summed E-state index contributed by atoms with van der Waals surface area (Å²) in [6.45, 7) is 0. The van der Waals surface area contributed by atoms with Crippen molar-refractivity contribution in [2.45, 2.75) is 0 Å². The summed E-state index contributed by atoms with van der Waals surface area (Å²) in [5.41, 5.74) is 3.16. The van der Waals surface area contributed by atoms with Crippen molar-refractivity contribution >= 4 is 28.1 Å². The molecule has 1 aromatic heterocycles. The number of phenolic OH excluding ortho intramolecular Hbond substituents is 1. The average Bonchev–Trinajstić information content (AvgIpc) is 2.51. The van der Waals surface area contributed by atoms with Crippen molar-refractivity contribution in [3.8, 4) is 11.5 Å². The van der Waals surface area contributed by atoms with Gasteiger partial charge in [-0.15, -0.1) is 0 Å². The molecule has 6 nitrogen and oxygen atoms in total. The van der Waals surface area contributed by atoms with E-state index in [1.165, 1.54) is 19.5 Å². The Morgan fingerprint density at radius 1 is 1.52 bits per heavy atom. The summed E-state index contributed by atoms with van der Waals surface area (Å²) in [5, 5.41) is 13.7. The summed E-state index contributed by atoms with van der Waals surface area (Å²) >= 11 is 3.30. The molecule has 21 heavy (non-hydrogen) atoms. The van der Waals surface area contributed by atoms with Gasteiger partial charge in [-0.25, -0.2) is 5.43 Å². The van der Waals surface area contributed by atoms with Gasteiger partial charge in [0.2, 0.25) is 0 Å². The zero-order chi connectivity index (χ0) is 15.2. The molecule has 0 bridgehead atoms. The molecule has 0 saturated heterocycles. The van der Waals surface area contributed by atoms with Gasteiger partial charge in [0.15, 0.2) is 11.5 Å². The molecule has 0 aliphatic heterocycles. The van der Waals surface area contributed by atoms with Crippen LogP contribution in [0.5, 0.6) is 11.5 Å². The average molecular weight is 350 g/mol. The highest BCUT2D eigenvalue weighted by Gasteiger charge is 2.08. The minimum atomic E-state index is -0.388. The van der Waals surface area contributed by atoms with Crippen molar-refractivity contribution in [1.29, 1.82) is 0 Å². The number of methoxy groups -OCH3 is 1. The lowest BCUT2D eigenvalue weighted by molar-refractivity contribution is 0.0954. The van der Waals surface area contributed by atoms with Crippen molar-refractivity contribution in [2.24, 2.45) is 5.10 Å². The number of amides is 1. The Labute approximate surface area is 129 Å². The second kappa shape index (κ2) is 6.85. The molecule has 0 radical (unpaired) electrons. The highest BCUT2D eigenvalue weighted by molar-refractivity contribution is 9.10. The molecule has 1 heterocycles. The molecule has 0 saturated carbocycles. The number of aromatic hydroxyl groups is 1. The van der Waals surface area contributed by atoms with Gasteiger partial charge >= 0.3 is 0 Å². The number of phenols is 1. The number of hydrazone groups is 1. The Balaban J connectivity index is 2.12. The highest BCUT2D eigenvalue weighted by atomic mass is 79.9. The Bertz CT molecular complexity index is 675. The van der Waals surface area contributed by atoms with Crippen molar-refractivity contribution in [3.63, 3.8) is 0 Å². The quantitative estimate of drug-likeness (QED) is 0.655. The third kappa shape index (κ3) is 3.79. The van der Waals surface area contributed by atoms with Crippen molar-refractivity contribution in [3.05, 3.63) is 52.3 Å². The van der Waals surface area contributed by atoms with Crippen LogP contribution in [0.2, 0.25) is 0 Å². The van der Waals surface area contributed by atoms with Crippen LogP contribution in [0.3, 0.4) is 0 Å². The lowest BCUT2D eigenvalue weighted by atomic mass is 10.2. The molecule has 0 unspecified atom stereocenters. The Hall–Kier alpha value is -2.41. The first-order valence-electron chi connectivity index (χ1n) is 5.91. The fraction of sp³-hybridized carbons (Fsp3) is 0.0714. The standard InChI is InChI=1S/C14H12BrN3O3/c1-21-12-6-11(15)5-10(13(12)19)8-17-18-14(20)9-3-2-4-16-7-9/h2-8,19H,1H3,(H,18,20)/b17-8+. The van der Waals surface area contributed by atoms with E-state index in [1.807, 2.05) is 0 Å². The predicted octanol–water partition coefficient (Wildman–Crippen LogP) is 2.32. The Kier molecular flexibility index (Phi) is 4.89. The molecule has 108 valence electrons. The zero-order valence-corrected chi connectivity index (χ0v) is 12.7. The van der Waals surface area contributed by atoms with E-state index in [4.69, 9.17) is 4.74 Å². The van der Waals surface area contributed by atoms with Gasteiger partial charge in [-0.05, 0) is 24.3 Å². The van der Waals surface area contributed by atoms with Gasteiger partial charge in [0.1, 0.15) is 0 Å². The number of ether oxygens (including phenoxy) is 1. The first kappa shape index (κ1) is 15.0. The number of aromatic nitrogens is 1. The van der Waals surface area contributed by atoms with Crippen LogP contribution in [0.1, 0.15) is 15.9 Å². The summed E-state index contributed by atoms with van der Waals surface area (Å²) < 4.78 is 5.75. The molecular weight excluding hydrogens is 338 g/mol. The molecule has 0 aliphatic carbocycles. The maximum Gasteiger partial charge on any atom is 0.272 e. The number of hydrogen-bond donors (Lipinski definition) is 2. The van der Waals surface area contributed by atoms with Gasteiger partial charge < -0.3 is 9.84 Å². The largest absolute Gasteiger partial charge is 0.504 e. The summed E-state index contributed by atoms with van der Waals surface area (Å²) in [6, 6.07) is 6.56. The molecule has 0 spiro atoms. The van der Waals surface area contributed by atoms with Crippen molar-refractivity contribution < 1.29 is 14.6 Å². The number of halogens is 1. The molecule has 2 aromatic rings. The van der Waals surface area contributed by atoms with Gasteiger partial charge in [0, 0.05) is 22.4 Å². The molecular formula is C14H12BrN3O3. The van der Waals surface area contributed by atoms with Crippen molar-refractivity contribution in [2.75, 3.05) is 7.11 Å². The smallest absolute Gasteiger partial charge is 0.272 e. The van der Waals surface area contributed by atoms with E-state index in [9.17, 15) is 9.90 Å². The molecule has 0 fully saturated rings. The number of carbonyl (C=O) groups excluding carboxylic acids is 1. The maximum atomic E-state index is 11.7. The van der Waals surface area contributed by atoms with Crippen LogP contribution in [0.25, 0.3) is 0 Å². The third-order valence-corrected chi connectivity index (χ3v) is 3.04. The highest BCUT2D eigenvalue weighted by Crippen LogP contribution is 2.32. The summed E-state index contributed by atoms with van der Waals surface area (Å²) in [4.78, 5) is 15.6. The zero-order valence-electron chi connectivity index (χ0n) is 11.1. The van der Waals surface area contributed by atoms with Gasteiger partial charge in [0.05, 0.1) is 18.9 Å².